The molecule has 2 aromatic carbocycles. The van der Waals surface area contributed by atoms with E-state index in [-0.39, 0.29) is 23.4 Å². The molecule has 1 fully saturated rings. The maximum absolute atomic E-state index is 12.4. The van der Waals surface area contributed by atoms with Gasteiger partial charge >= 0.3 is 12.1 Å². The first-order valence-electron chi connectivity index (χ1n) is 8.63. The molecule has 2 amide bonds. The van der Waals surface area contributed by atoms with Crippen LogP contribution in [-0.4, -0.2) is 23.7 Å². The van der Waals surface area contributed by atoms with Crippen molar-refractivity contribution < 1.29 is 22.8 Å². The number of amides is 2. The third-order valence-corrected chi connectivity index (χ3v) is 4.48. The van der Waals surface area contributed by atoms with Gasteiger partial charge in [-0.1, -0.05) is 42.5 Å². The maximum atomic E-state index is 12.4. The molecule has 146 valence electrons. The molecule has 8 heteroatoms. The highest BCUT2D eigenvalue weighted by Gasteiger charge is 2.43. The van der Waals surface area contributed by atoms with E-state index in [9.17, 15) is 22.8 Å². The van der Waals surface area contributed by atoms with Crippen molar-refractivity contribution in [3.8, 4) is 0 Å². The summed E-state index contributed by atoms with van der Waals surface area (Å²) in [5.74, 6) is -2.21. The first-order chi connectivity index (χ1) is 13.3. The average Bonchev–Trinajstić information content (AvgIpc) is 3.47. The minimum Gasteiger partial charge on any atom is -0.318 e. The molecule has 0 aromatic heterocycles. The second kappa shape index (κ2) is 7.84. The molecule has 3 rings (SSSR count). The van der Waals surface area contributed by atoms with Crippen LogP contribution < -0.4 is 10.7 Å². The van der Waals surface area contributed by atoms with E-state index in [2.05, 4.69) is 10.5 Å². The van der Waals surface area contributed by atoms with Crippen LogP contribution in [0.2, 0.25) is 0 Å². The molecule has 2 atom stereocenters. The molecule has 1 saturated carbocycles. The van der Waals surface area contributed by atoms with Gasteiger partial charge in [0.1, 0.15) is 0 Å². The van der Waals surface area contributed by atoms with E-state index in [1.165, 1.54) is 18.2 Å². The SMILES string of the molecule is C/C(=N\NC(=O)[C@@H]1C[C@H]1c1ccccc1)c1cccc(NC(=O)C(F)(F)F)c1. The van der Waals surface area contributed by atoms with Gasteiger partial charge in [0.05, 0.1) is 5.71 Å². The van der Waals surface area contributed by atoms with Crippen LogP contribution in [0.5, 0.6) is 0 Å². The molecule has 0 unspecified atom stereocenters. The standard InChI is InChI=1S/C20H18F3N3O2/c1-12(14-8-5-9-15(10-14)24-19(28)20(21,22)23)25-26-18(27)17-11-16(17)13-6-3-2-4-7-13/h2-10,16-17H,11H2,1H3,(H,24,28)(H,26,27)/b25-12+/t16-,17+/m0/s1. The lowest BCUT2D eigenvalue weighted by molar-refractivity contribution is -0.167. The summed E-state index contributed by atoms with van der Waals surface area (Å²) in [6.07, 6.45) is -4.21. The quantitative estimate of drug-likeness (QED) is 0.603. The van der Waals surface area contributed by atoms with Crippen LogP contribution in [0, 0.1) is 5.92 Å². The molecule has 1 aliphatic rings. The van der Waals surface area contributed by atoms with Crippen molar-refractivity contribution in [1.29, 1.82) is 0 Å². The Morgan fingerprint density at radius 2 is 1.79 bits per heavy atom. The predicted molar refractivity (Wildman–Crippen MR) is 98.8 cm³/mol. The first-order valence-corrected chi connectivity index (χ1v) is 8.63. The van der Waals surface area contributed by atoms with Gasteiger partial charge in [0.2, 0.25) is 5.91 Å². The molecule has 0 radical (unpaired) electrons. The number of alkyl halides is 3. The van der Waals surface area contributed by atoms with E-state index in [0.717, 1.165) is 12.0 Å². The molecule has 2 N–H and O–H groups in total. The highest BCUT2D eigenvalue weighted by Crippen LogP contribution is 2.47. The Hall–Kier alpha value is -3.16. The number of rotatable bonds is 5. The Labute approximate surface area is 159 Å². The molecule has 1 aliphatic carbocycles. The highest BCUT2D eigenvalue weighted by atomic mass is 19.4. The molecule has 2 aromatic rings. The van der Waals surface area contributed by atoms with E-state index < -0.39 is 12.1 Å². The van der Waals surface area contributed by atoms with E-state index in [1.54, 1.807) is 18.3 Å². The monoisotopic (exact) mass is 389 g/mol. The van der Waals surface area contributed by atoms with Gasteiger partial charge in [0, 0.05) is 11.6 Å². The van der Waals surface area contributed by atoms with Gasteiger partial charge in [-0.3, -0.25) is 9.59 Å². The van der Waals surface area contributed by atoms with Gasteiger partial charge in [0.25, 0.3) is 0 Å². The number of carbonyl (C=O) groups is 2. The second-order valence-corrected chi connectivity index (χ2v) is 6.57. The number of nitrogens with zero attached hydrogens (tertiary/aromatic N) is 1. The summed E-state index contributed by atoms with van der Waals surface area (Å²) in [5.41, 5.74) is 4.50. The van der Waals surface area contributed by atoms with E-state index in [4.69, 9.17) is 0 Å². The van der Waals surface area contributed by atoms with Gasteiger partial charge in [0.15, 0.2) is 0 Å². The largest absolute Gasteiger partial charge is 0.471 e. The normalized spacial score (nSPS) is 19.1. The van der Waals surface area contributed by atoms with Crippen molar-refractivity contribution in [3.63, 3.8) is 0 Å². The highest BCUT2D eigenvalue weighted by molar-refractivity contribution is 6.01. The number of nitrogens with one attached hydrogen (secondary N) is 2. The summed E-state index contributed by atoms with van der Waals surface area (Å²) in [6.45, 7) is 1.62. The topological polar surface area (TPSA) is 70.6 Å². The van der Waals surface area contributed by atoms with Gasteiger partial charge < -0.3 is 5.32 Å². The van der Waals surface area contributed by atoms with Crippen LogP contribution >= 0.6 is 0 Å². The number of benzene rings is 2. The van der Waals surface area contributed by atoms with Crippen LogP contribution in [0.1, 0.15) is 30.4 Å². The lowest BCUT2D eigenvalue weighted by Crippen LogP contribution is -2.30. The Balaban J connectivity index is 1.60. The van der Waals surface area contributed by atoms with Crippen LogP contribution in [0.3, 0.4) is 0 Å². The second-order valence-electron chi connectivity index (χ2n) is 6.57. The number of halogens is 3. The molecule has 0 saturated heterocycles. The van der Waals surface area contributed by atoms with Gasteiger partial charge in [-0.25, -0.2) is 5.43 Å². The summed E-state index contributed by atoms with van der Waals surface area (Å²) in [6, 6.07) is 15.5. The van der Waals surface area contributed by atoms with Gasteiger partial charge in [-0.2, -0.15) is 18.3 Å². The third kappa shape index (κ3) is 4.76. The van der Waals surface area contributed by atoms with Crippen LogP contribution in [0.25, 0.3) is 0 Å². The third-order valence-electron chi connectivity index (χ3n) is 4.48. The molecule has 0 spiro atoms. The number of hydrazone groups is 1. The minimum absolute atomic E-state index is 0.00737. The Kier molecular flexibility index (Phi) is 5.48. The smallest absolute Gasteiger partial charge is 0.318 e. The zero-order valence-electron chi connectivity index (χ0n) is 15.0. The molecule has 5 nitrogen and oxygen atoms in total. The van der Waals surface area contributed by atoms with E-state index >= 15 is 0 Å². The minimum atomic E-state index is -4.97. The first kappa shape index (κ1) is 19.6. The molecule has 28 heavy (non-hydrogen) atoms. The van der Waals surface area contributed by atoms with Crippen molar-refractivity contribution in [3.05, 3.63) is 65.7 Å². The van der Waals surface area contributed by atoms with E-state index in [0.29, 0.717) is 11.3 Å². The van der Waals surface area contributed by atoms with Crippen LogP contribution in [0.15, 0.2) is 59.7 Å². The summed E-state index contributed by atoms with van der Waals surface area (Å²) in [7, 11) is 0. The molecular formula is C20H18F3N3O2. The van der Waals surface area contributed by atoms with Crippen molar-refractivity contribution in [2.24, 2.45) is 11.0 Å². The number of hydrogen-bond acceptors (Lipinski definition) is 3. The van der Waals surface area contributed by atoms with Gasteiger partial charge in [-0.15, -0.1) is 0 Å². The lowest BCUT2D eigenvalue weighted by Gasteiger charge is -2.09. The Morgan fingerprint density at radius 1 is 1.07 bits per heavy atom. The number of carbonyl (C=O) groups excluding carboxylic acids is 2. The van der Waals surface area contributed by atoms with Crippen LogP contribution in [-0.2, 0) is 9.59 Å². The fourth-order valence-electron chi connectivity index (χ4n) is 2.86. The van der Waals surface area contributed by atoms with Crippen molar-refractivity contribution in [1.82, 2.24) is 5.43 Å². The van der Waals surface area contributed by atoms with Crippen molar-refractivity contribution >= 4 is 23.2 Å². The average molecular weight is 389 g/mol. The summed E-state index contributed by atoms with van der Waals surface area (Å²) >= 11 is 0. The summed E-state index contributed by atoms with van der Waals surface area (Å²) in [5, 5.41) is 5.82. The van der Waals surface area contributed by atoms with E-state index in [1.807, 2.05) is 30.3 Å². The zero-order chi connectivity index (χ0) is 20.3. The summed E-state index contributed by atoms with van der Waals surface area (Å²) < 4.78 is 37.1. The van der Waals surface area contributed by atoms with Crippen LogP contribution in [0.4, 0.5) is 18.9 Å². The molecule has 0 aliphatic heterocycles. The Morgan fingerprint density at radius 3 is 2.46 bits per heavy atom. The van der Waals surface area contributed by atoms with Crippen molar-refractivity contribution in [2.45, 2.75) is 25.4 Å². The number of anilines is 1. The maximum Gasteiger partial charge on any atom is 0.471 e. The molecular weight excluding hydrogens is 371 g/mol. The molecule has 0 heterocycles. The van der Waals surface area contributed by atoms with Gasteiger partial charge in [-0.05, 0) is 42.5 Å². The summed E-state index contributed by atoms with van der Waals surface area (Å²) in [4.78, 5) is 23.3. The Bertz CT molecular complexity index is 910. The van der Waals surface area contributed by atoms with Crippen molar-refractivity contribution in [2.75, 3.05) is 5.32 Å². The lowest BCUT2D eigenvalue weighted by atomic mass is 10.1. The predicted octanol–water partition coefficient (Wildman–Crippen LogP) is 3.83. The zero-order valence-corrected chi connectivity index (χ0v) is 15.0. The fourth-order valence-corrected chi connectivity index (χ4v) is 2.86. The number of hydrogen-bond donors (Lipinski definition) is 2. The fraction of sp³-hybridized carbons (Fsp3) is 0.250. The molecule has 0 bridgehead atoms.